The summed E-state index contributed by atoms with van der Waals surface area (Å²) in [6.07, 6.45) is -0.888. The first-order valence-corrected chi connectivity index (χ1v) is 8.00. The van der Waals surface area contributed by atoms with E-state index in [4.69, 9.17) is 9.47 Å². The predicted octanol–water partition coefficient (Wildman–Crippen LogP) is 1.06. The molecule has 2 heterocycles. The highest BCUT2D eigenvalue weighted by molar-refractivity contribution is 8.17. The number of hydrogen-bond acceptors (Lipinski definition) is 6. The maximum Gasteiger partial charge on any atom is 0.163 e. The lowest BCUT2D eigenvalue weighted by atomic mass is 10.1. The third kappa shape index (κ3) is 3.52. The minimum absolute atomic E-state index is 0.0473. The first-order chi connectivity index (χ1) is 7.99. The van der Waals surface area contributed by atoms with Crippen LogP contribution in [0.4, 0.5) is 0 Å². The van der Waals surface area contributed by atoms with Crippen molar-refractivity contribution in [2.45, 2.75) is 48.9 Å². The van der Waals surface area contributed by atoms with E-state index < -0.39 is 24.1 Å². The first kappa shape index (κ1) is 14.0. The summed E-state index contributed by atoms with van der Waals surface area (Å²) in [6.45, 7) is 3.97. The molecule has 0 spiro atoms. The summed E-state index contributed by atoms with van der Waals surface area (Å²) in [5.41, 5.74) is 0. The van der Waals surface area contributed by atoms with Crippen LogP contribution in [0.25, 0.3) is 0 Å². The second kappa shape index (κ2) is 5.67. The van der Waals surface area contributed by atoms with E-state index in [1.807, 2.05) is 13.8 Å². The van der Waals surface area contributed by atoms with Crippen molar-refractivity contribution in [1.29, 1.82) is 0 Å². The maximum absolute atomic E-state index is 10.1. The van der Waals surface area contributed by atoms with E-state index >= 15 is 0 Å². The van der Waals surface area contributed by atoms with Gasteiger partial charge in [-0.05, 0) is 31.8 Å². The zero-order valence-corrected chi connectivity index (χ0v) is 11.8. The molecule has 0 radical (unpaired) electrons. The summed E-state index contributed by atoms with van der Waals surface area (Å²) in [5.74, 6) is 1.45. The molecule has 100 valence electrons. The lowest BCUT2D eigenvalue weighted by Gasteiger charge is -2.31. The van der Waals surface area contributed by atoms with Crippen LogP contribution in [0.1, 0.15) is 20.3 Å². The first-order valence-electron chi connectivity index (χ1n) is 5.91. The zero-order valence-electron chi connectivity index (χ0n) is 10.2. The molecule has 0 saturated carbocycles. The van der Waals surface area contributed by atoms with Gasteiger partial charge in [0.25, 0.3) is 0 Å². The topological polar surface area (TPSA) is 58.9 Å². The van der Waals surface area contributed by atoms with Crippen molar-refractivity contribution in [3.8, 4) is 0 Å². The van der Waals surface area contributed by atoms with Crippen molar-refractivity contribution in [3.05, 3.63) is 0 Å². The molecule has 0 aliphatic carbocycles. The smallest absolute Gasteiger partial charge is 0.163 e. The van der Waals surface area contributed by atoms with E-state index in [0.29, 0.717) is 6.61 Å². The molecule has 2 aliphatic heterocycles. The molecular formula is C11H20O4S2. The Morgan fingerprint density at radius 1 is 1.18 bits per heavy atom. The van der Waals surface area contributed by atoms with Crippen LogP contribution in [0.5, 0.6) is 0 Å². The summed E-state index contributed by atoms with van der Waals surface area (Å²) in [7, 11) is 0. The lowest BCUT2D eigenvalue weighted by Crippen LogP contribution is -2.44. The third-order valence-corrected chi connectivity index (χ3v) is 5.97. The van der Waals surface area contributed by atoms with Gasteiger partial charge < -0.3 is 19.7 Å². The minimum atomic E-state index is -0.875. The molecule has 2 saturated heterocycles. The molecule has 0 aromatic heterocycles. The number of hydrogen-bond donors (Lipinski definition) is 2. The molecular weight excluding hydrogens is 260 g/mol. The van der Waals surface area contributed by atoms with Crippen molar-refractivity contribution in [2.75, 3.05) is 18.1 Å². The zero-order chi connectivity index (χ0) is 12.5. The fourth-order valence-electron chi connectivity index (χ4n) is 1.97. The molecule has 17 heavy (non-hydrogen) atoms. The van der Waals surface area contributed by atoms with Crippen LogP contribution in [0.2, 0.25) is 0 Å². The summed E-state index contributed by atoms with van der Waals surface area (Å²) >= 11 is 3.43. The molecule has 3 atom stereocenters. The van der Waals surface area contributed by atoms with E-state index in [9.17, 15) is 10.2 Å². The Morgan fingerprint density at radius 3 is 2.35 bits per heavy atom. The normalized spacial score (nSPS) is 33.5. The van der Waals surface area contributed by atoms with Gasteiger partial charge in [0.15, 0.2) is 5.79 Å². The van der Waals surface area contributed by atoms with Crippen molar-refractivity contribution < 1.29 is 19.7 Å². The molecule has 2 rings (SSSR count). The second-order valence-electron chi connectivity index (χ2n) is 4.81. The second-order valence-corrected chi connectivity index (χ2v) is 7.61. The minimum Gasteiger partial charge on any atom is -0.388 e. The largest absolute Gasteiger partial charge is 0.388 e. The van der Waals surface area contributed by atoms with Gasteiger partial charge in [-0.3, -0.25) is 0 Å². The average molecular weight is 280 g/mol. The Balaban J connectivity index is 1.88. The van der Waals surface area contributed by atoms with Crippen LogP contribution in [0, 0.1) is 0 Å². The molecule has 0 unspecified atom stereocenters. The summed E-state index contributed by atoms with van der Waals surface area (Å²) in [4.78, 5) is 0. The van der Waals surface area contributed by atoms with Gasteiger partial charge in [0, 0.05) is 0 Å². The number of aliphatic hydroxyl groups is 2. The number of aliphatic hydroxyl groups excluding tert-OH is 2. The molecule has 6 heteroatoms. The Hall–Kier alpha value is 0.540. The molecule has 0 bridgehead atoms. The summed E-state index contributed by atoms with van der Waals surface area (Å²) in [6, 6.07) is 0. The van der Waals surface area contributed by atoms with Crippen LogP contribution in [0.3, 0.4) is 0 Å². The number of thioether (sulfide) groups is 2. The predicted molar refractivity (Wildman–Crippen MR) is 70.2 cm³/mol. The van der Waals surface area contributed by atoms with Gasteiger partial charge in [-0.15, -0.1) is 23.5 Å². The van der Waals surface area contributed by atoms with Crippen molar-refractivity contribution >= 4 is 23.5 Å². The lowest BCUT2D eigenvalue weighted by molar-refractivity contribution is -0.159. The third-order valence-electron chi connectivity index (χ3n) is 2.89. The number of ether oxygens (including phenoxy) is 2. The number of rotatable bonds is 3. The van der Waals surface area contributed by atoms with E-state index in [0.717, 1.165) is 11.5 Å². The van der Waals surface area contributed by atoms with E-state index in [2.05, 4.69) is 0 Å². The summed E-state index contributed by atoms with van der Waals surface area (Å²) in [5, 5.41) is 20.3. The quantitative estimate of drug-likeness (QED) is 0.806. The molecule has 4 nitrogen and oxygen atoms in total. The Morgan fingerprint density at radius 2 is 1.82 bits per heavy atom. The molecule has 2 fully saturated rings. The highest BCUT2D eigenvalue weighted by Gasteiger charge is 2.41. The van der Waals surface area contributed by atoms with Crippen molar-refractivity contribution in [1.82, 2.24) is 0 Å². The van der Waals surface area contributed by atoms with Crippen molar-refractivity contribution in [3.63, 3.8) is 0 Å². The van der Waals surface area contributed by atoms with E-state index in [-0.39, 0.29) is 4.58 Å². The Bertz CT molecular complexity index is 256. The molecule has 0 aromatic carbocycles. The van der Waals surface area contributed by atoms with Gasteiger partial charge in [-0.25, -0.2) is 0 Å². The molecule has 2 N–H and O–H groups in total. The fraction of sp³-hybridized carbons (Fsp3) is 1.00. The van der Waals surface area contributed by atoms with Gasteiger partial charge in [-0.1, -0.05) is 0 Å². The van der Waals surface area contributed by atoms with Crippen LogP contribution in [-0.2, 0) is 9.47 Å². The van der Waals surface area contributed by atoms with Crippen LogP contribution < -0.4 is 0 Å². The van der Waals surface area contributed by atoms with Crippen LogP contribution in [0.15, 0.2) is 0 Å². The van der Waals surface area contributed by atoms with Crippen LogP contribution in [-0.4, -0.2) is 57.0 Å². The van der Waals surface area contributed by atoms with Crippen LogP contribution >= 0.6 is 23.5 Å². The molecule has 2 aliphatic rings. The Labute approximate surface area is 110 Å². The fourth-order valence-corrected chi connectivity index (χ4v) is 4.92. The Kier molecular flexibility index (Phi) is 4.66. The van der Waals surface area contributed by atoms with Gasteiger partial charge in [-0.2, -0.15) is 0 Å². The van der Waals surface area contributed by atoms with Gasteiger partial charge in [0.1, 0.15) is 18.3 Å². The van der Waals surface area contributed by atoms with Gasteiger partial charge >= 0.3 is 0 Å². The van der Waals surface area contributed by atoms with Gasteiger partial charge in [0.2, 0.25) is 0 Å². The van der Waals surface area contributed by atoms with E-state index in [1.54, 1.807) is 23.5 Å². The van der Waals surface area contributed by atoms with Gasteiger partial charge in [0.05, 0.1) is 11.2 Å². The van der Waals surface area contributed by atoms with E-state index in [1.165, 1.54) is 6.42 Å². The monoisotopic (exact) mass is 280 g/mol. The highest BCUT2D eigenvalue weighted by atomic mass is 32.2. The molecule has 0 amide bonds. The van der Waals surface area contributed by atoms with Crippen molar-refractivity contribution in [2.24, 2.45) is 0 Å². The summed E-state index contributed by atoms with van der Waals surface area (Å²) < 4.78 is 11.0. The highest BCUT2D eigenvalue weighted by Crippen LogP contribution is 2.36. The SMILES string of the molecule is CC1(C)OC[C@H]([C@H](O)[C@@H](O)C2SCCCS2)O1. The standard InChI is InChI=1S/C11H20O4S2/c1-11(2)14-6-7(15-11)8(12)9(13)10-16-4-3-5-17-10/h7-10,12-13H,3-6H2,1-2H3/t7-,8+,9-/m1/s1. The molecule has 0 aromatic rings. The average Bonchev–Trinajstić information content (AvgIpc) is 2.69. The maximum atomic E-state index is 10.1.